The Balaban J connectivity index is 1.75. The molecular weight excluding hydrogens is 390 g/mol. The molecular formula is C23H23N7O. The molecule has 1 unspecified atom stereocenters. The summed E-state index contributed by atoms with van der Waals surface area (Å²) < 4.78 is 1.43. The normalized spacial score (nSPS) is 17.8. The fourth-order valence-electron chi connectivity index (χ4n) is 4.40. The molecule has 1 fully saturated rings. The van der Waals surface area contributed by atoms with Crippen molar-refractivity contribution < 1.29 is 0 Å². The van der Waals surface area contributed by atoms with E-state index in [9.17, 15) is 10.1 Å². The van der Waals surface area contributed by atoms with Crippen molar-refractivity contribution in [1.29, 1.82) is 5.26 Å². The maximum absolute atomic E-state index is 12.9. The molecule has 0 bridgehead atoms. The van der Waals surface area contributed by atoms with Crippen LogP contribution < -0.4 is 10.5 Å². The van der Waals surface area contributed by atoms with Crippen molar-refractivity contribution in [1.82, 2.24) is 19.4 Å². The minimum Gasteiger partial charge on any atom is -0.364 e. The summed E-state index contributed by atoms with van der Waals surface area (Å²) in [5, 5.41) is 9.80. The predicted molar refractivity (Wildman–Crippen MR) is 119 cm³/mol. The number of nitrogens with zero attached hydrogens (tertiary/aromatic N) is 7. The zero-order valence-corrected chi connectivity index (χ0v) is 17.8. The van der Waals surface area contributed by atoms with Gasteiger partial charge in [0.25, 0.3) is 11.4 Å². The fraction of sp³-hybridized carbons (Fsp3) is 0.348. The van der Waals surface area contributed by atoms with E-state index < -0.39 is 0 Å². The van der Waals surface area contributed by atoms with Gasteiger partial charge >= 0.3 is 0 Å². The largest absolute Gasteiger partial charge is 0.364 e. The van der Waals surface area contributed by atoms with Gasteiger partial charge in [0, 0.05) is 45.0 Å². The van der Waals surface area contributed by atoms with Crippen LogP contribution in [0.2, 0.25) is 0 Å². The zero-order valence-electron chi connectivity index (χ0n) is 17.8. The highest BCUT2D eigenvalue weighted by atomic mass is 16.1. The fourth-order valence-corrected chi connectivity index (χ4v) is 4.40. The number of aromatic nitrogens is 3. The lowest BCUT2D eigenvalue weighted by atomic mass is 10.1. The summed E-state index contributed by atoms with van der Waals surface area (Å²) in [6.07, 6.45) is 1.80. The molecule has 1 saturated heterocycles. The van der Waals surface area contributed by atoms with Crippen molar-refractivity contribution in [2.75, 3.05) is 24.5 Å². The number of anilines is 1. The number of rotatable bonds is 3. The molecule has 3 aromatic heterocycles. The van der Waals surface area contributed by atoms with E-state index in [1.54, 1.807) is 25.4 Å². The number of hydrogen-bond donors (Lipinski definition) is 0. The molecule has 4 rings (SSSR count). The molecule has 0 aromatic carbocycles. The Labute approximate surface area is 180 Å². The first-order valence-electron chi connectivity index (χ1n) is 10.2. The number of hydrogen-bond acceptors (Lipinski definition) is 6. The summed E-state index contributed by atoms with van der Waals surface area (Å²) in [6, 6.07) is 11.7. The van der Waals surface area contributed by atoms with Crippen molar-refractivity contribution in [3.05, 3.63) is 69.6 Å². The molecule has 8 nitrogen and oxygen atoms in total. The third kappa shape index (κ3) is 3.52. The van der Waals surface area contributed by atoms with Crippen molar-refractivity contribution >= 4 is 22.5 Å². The Morgan fingerprint density at radius 3 is 2.74 bits per heavy atom. The van der Waals surface area contributed by atoms with E-state index in [1.165, 1.54) is 4.57 Å². The van der Waals surface area contributed by atoms with E-state index in [1.807, 2.05) is 18.2 Å². The first-order valence-corrected chi connectivity index (χ1v) is 10.2. The summed E-state index contributed by atoms with van der Waals surface area (Å²) in [5.74, 6) is 0.242. The highest BCUT2D eigenvalue weighted by Crippen LogP contribution is 2.32. The van der Waals surface area contributed by atoms with Gasteiger partial charge < -0.3 is 14.3 Å². The molecule has 0 saturated carbocycles. The van der Waals surface area contributed by atoms with Gasteiger partial charge in [0.05, 0.1) is 11.2 Å². The molecule has 2 atom stereocenters. The van der Waals surface area contributed by atoms with Crippen molar-refractivity contribution in [2.24, 2.45) is 7.05 Å². The molecule has 0 radical (unpaired) electrons. The van der Waals surface area contributed by atoms with Gasteiger partial charge in [0.15, 0.2) is 0 Å². The van der Waals surface area contributed by atoms with E-state index in [4.69, 9.17) is 6.57 Å². The minimum atomic E-state index is -0.348. The Kier molecular flexibility index (Phi) is 5.41. The lowest BCUT2D eigenvalue weighted by Gasteiger charge is -2.43. The lowest BCUT2D eigenvalue weighted by molar-refractivity contribution is 0.136. The Morgan fingerprint density at radius 1 is 1.29 bits per heavy atom. The molecule has 0 N–H and O–H groups in total. The molecule has 1 aliphatic rings. The summed E-state index contributed by atoms with van der Waals surface area (Å²) in [6.45, 7) is 13.6. The van der Waals surface area contributed by atoms with Crippen LogP contribution in [-0.4, -0.2) is 45.1 Å². The Hall–Kier alpha value is -3.75. The van der Waals surface area contributed by atoms with E-state index in [0.717, 1.165) is 12.2 Å². The van der Waals surface area contributed by atoms with Crippen molar-refractivity contribution in [3.8, 4) is 6.07 Å². The van der Waals surface area contributed by atoms with E-state index in [-0.39, 0.29) is 29.0 Å². The van der Waals surface area contributed by atoms with Crippen LogP contribution in [0, 0.1) is 17.9 Å². The molecule has 8 heteroatoms. The summed E-state index contributed by atoms with van der Waals surface area (Å²) in [4.78, 5) is 29.7. The number of pyridine rings is 3. The molecule has 0 spiro atoms. The molecule has 1 aliphatic heterocycles. The second-order valence-electron chi connectivity index (χ2n) is 7.81. The third-order valence-electron chi connectivity index (χ3n) is 6.03. The van der Waals surface area contributed by atoms with Gasteiger partial charge in [-0.3, -0.25) is 14.7 Å². The van der Waals surface area contributed by atoms with Gasteiger partial charge in [-0.05, 0) is 38.1 Å². The van der Waals surface area contributed by atoms with Crippen molar-refractivity contribution in [2.45, 2.75) is 25.9 Å². The molecule has 0 aliphatic carbocycles. The monoisotopic (exact) mass is 413 g/mol. The SMILES string of the molecule is [C-]#[N+]c1ccc2c(n1)c(N1CCN(C(C)c3ccccn3)[C@H](C)C1)c(C#N)c(=O)n2C. The number of fused-ring (bicyclic) bond motifs is 1. The Bertz CT molecular complexity index is 1270. The van der Waals surface area contributed by atoms with Gasteiger partial charge in [0.1, 0.15) is 17.3 Å². The van der Waals surface area contributed by atoms with Crippen LogP contribution in [0.15, 0.2) is 41.3 Å². The highest BCUT2D eigenvalue weighted by Gasteiger charge is 2.32. The van der Waals surface area contributed by atoms with Gasteiger partial charge in [-0.1, -0.05) is 12.6 Å². The molecule has 0 amide bonds. The zero-order chi connectivity index (χ0) is 22.1. The first-order chi connectivity index (χ1) is 15.0. The maximum Gasteiger partial charge on any atom is 0.271 e. The maximum atomic E-state index is 12.9. The second kappa shape index (κ2) is 8.17. The summed E-state index contributed by atoms with van der Waals surface area (Å²) >= 11 is 0. The average Bonchev–Trinajstić information content (AvgIpc) is 2.80. The van der Waals surface area contributed by atoms with Gasteiger partial charge in [-0.25, -0.2) is 0 Å². The van der Waals surface area contributed by atoms with E-state index >= 15 is 0 Å². The van der Waals surface area contributed by atoms with Gasteiger partial charge in [-0.15, -0.1) is 4.98 Å². The van der Waals surface area contributed by atoms with Gasteiger partial charge in [-0.2, -0.15) is 5.26 Å². The molecule has 3 aromatic rings. The number of aryl methyl sites for hydroxylation is 1. The van der Waals surface area contributed by atoms with Crippen LogP contribution in [0.5, 0.6) is 0 Å². The lowest BCUT2D eigenvalue weighted by Crippen LogP contribution is -2.53. The minimum absolute atomic E-state index is 0.0723. The average molecular weight is 413 g/mol. The third-order valence-corrected chi connectivity index (χ3v) is 6.03. The predicted octanol–water partition coefficient (Wildman–Crippen LogP) is 3.02. The summed E-state index contributed by atoms with van der Waals surface area (Å²) in [5.41, 5.74) is 2.40. The van der Waals surface area contributed by atoms with E-state index in [2.05, 4.69) is 44.5 Å². The van der Waals surface area contributed by atoms with Crippen LogP contribution in [0.3, 0.4) is 0 Å². The summed E-state index contributed by atoms with van der Waals surface area (Å²) in [7, 11) is 1.63. The van der Waals surface area contributed by atoms with Crippen molar-refractivity contribution in [3.63, 3.8) is 0 Å². The standard InChI is InChI=1S/C23H23N7O/c1-15-14-29(11-12-30(15)16(2)18-7-5-6-10-26-18)22-17(13-24)23(31)28(4)19-8-9-20(25-3)27-21(19)22/h5-10,15-16H,11-12,14H2,1-2,4H3/t15-,16?/m1/s1. The van der Waals surface area contributed by atoms with Crippen LogP contribution in [0.4, 0.5) is 11.5 Å². The first kappa shape index (κ1) is 20.5. The molecule has 31 heavy (non-hydrogen) atoms. The quantitative estimate of drug-likeness (QED) is 0.614. The smallest absolute Gasteiger partial charge is 0.271 e. The van der Waals surface area contributed by atoms with Crippen LogP contribution in [-0.2, 0) is 7.05 Å². The number of nitriles is 1. The topological polar surface area (TPSA) is 82.4 Å². The van der Waals surface area contributed by atoms with Crippen LogP contribution >= 0.6 is 0 Å². The highest BCUT2D eigenvalue weighted by molar-refractivity contribution is 5.92. The van der Waals surface area contributed by atoms with Gasteiger partial charge in [0.2, 0.25) is 5.52 Å². The van der Waals surface area contributed by atoms with Crippen LogP contribution in [0.25, 0.3) is 15.9 Å². The molecule has 156 valence electrons. The van der Waals surface area contributed by atoms with E-state index in [0.29, 0.717) is 29.8 Å². The second-order valence-corrected chi connectivity index (χ2v) is 7.81. The van der Waals surface area contributed by atoms with Crippen LogP contribution in [0.1, 0.15) is 31.1 Å². The Morgan fingerprint density at radius 2 is 2.10 bits per heavy atom. The number of piperazine rings is 1. The molecule has 4 heterocycles.